The van der Waals surface area contributed by atoms with Crippen LogP contribution in [0.3, 0.4) is 0 Å². The number of benzene rings is 1. The highest BCUT2D eigenvalue weighted by Crippen LogP contribution is 2.41. The first-order chi connectivity index (χ1) is 20.1. The van der Waals surface area contributed by atoms with Crippen LogP contribution < -0.4 is 0 Å². The summed E-state index contributed by atoms with van der Waals surface area (Å²) >= 11 is 0. The number of fused-ring (bicyclic) bond motifs is 4. The third-order valence-corrected chi connectivity index (χ3v) is 7.98. The lowest BCUT2D eigenvalue weighted by Crippen LogP contribution is -2.59. The molecule has 228 valence electrons. The average Bonchev–Trinajstić information content (AvgIpc) is 3.49. The van der Waals surface area contributed by atoms with Crippen LogP contribution in [0.25, 0.3) is 0 Å². The number of ether oxygens (including phenoxy) is 6. The van der Waals surface area contributed by atoms with Crippen LogP contribution in [-0.4, -0.2) is 102 Å². The molecule has 3 heterocycles. The Labute approximate surface area is 242 Å². The van der Waals surface area contributed by atoms with Gasteiger partial charge in [0.15, 0.2) is 12.6 Å². The van der Waals surface area contributed by atoms with E-state index in [-0.39, 0.29) is 31.5 Å². The molecule has 3 aliphatic heterocycles. The molecule has 1 aliphatic carbocycles. The van der Waals surface area contributed by atoms with E-state index in [1.54, 1.807) is 25.3 Å². The van der Waals surface area contributed by atoms with Gasteiger partial charge in [-0.05, 0) is 47.8 Å². The molecule has 9 atom stereocenters. The number of aliphatic hydroxyl groups excluding tert-OH is 3. The molecule has 4 aliphatic rings. The molecule has 0 radical (unpaired) electrons. The van der Waals surface area contributed by atoms with Crippen LogP contribution in [-0.2, 0) is 44.4 Å². The van der Waals surface area contributed by atoms with E-state index >= 15 is 0 Å². The van der Waals surface area contributed by atoms with Crippen molar-refractivity contribution in [3.05, 3.63) is 65.3 Å². The van der Waals surface area contributed by atoms with Gasteiger partial charge in [0, 0.05) is 19.1 Å². The number of phenols is 1. The monoisotopic (exact) mass is 588 g/mol. The molecule has 4 N–H and O–H groups in total. The summed E-state index contributed by atoms with van der Waals surface area (Å²) in [5.74, 6) is -1.45. The Morgan fingerprint density at radius 3 is 2.60 bits per heavy atom. The minimum absolute atomic E-state index is 0.0342. The maximum absolute atomic E-state index is 12.4. The Kier molecular flexibility index (Phi) is 9.43. The van der Waals surface area contributed by atoms with Crippen molar-refractivity contribution in [2.75, 3.05) is 20.3 Å². The van der Waals surface area contributed by atoms with Gasteiger partial charge >= 0.3 is 11.9 Å². The van der Waals surface area contributed by atoms with Gasteiger partial charge in [-0.1, -0.05) is 24.8 Å². The van der Waals surface area contributed by atoms with Crippen LogP contribution in [0, 0.1) is 5.92 Å². The fourth-order valence-corrected chi connectivity index (χ4v) is 5.67. The van der Waals surface area contributed by atoms with Gasteiger partial charge in [0.05, 0.1) is 25.0 Å². The second-order valence-corrected chi connectivity index (χ2v) is 10.9. The van der Waals surface area contributed by atoms with E-state index in [0.717, 1.165) is 11.1 Å². The first kappa shape index (κ1) is 30.4. The largest absolute Gasteiger partial charge is 0.508 e. The summed E-state index contributed by atoms with van der Waals surface area (Å²) in [7, 11) is 1.56. The van der Waals surface area contributed by atoms with Crippen molar-refractivity contribution >= 4 is 11.9 Å². The summed E-state index contributed by atoms with van der Waals surface area (Å²) in [6, 6.07) is 6.05. The summed E-state index contributed by atoms with van der Waals surface area (Å²) < 4.78 is 34.0. The molecular weight excluding hydrogens is 552 g/mol. The molecule has 1 aromatic rings. The van der Waals surface area contributed by atoms with Gasteiger partial charge in [-0.3, -0.25) is 4.79 Å². The number of esters is 2. The van der Waals surface area contributed by atoms with Gasteiger partial charge < -0.3 is 48.8 Å². The zero-order valence-electron chi connectivity index (χ0n) is 23.2. The van der Waals surface area contributed by atoms with Gasteiger partial charge in [-0.15, -0.1) is 0 Å². The Balaban J connectivity index is 1.23. The van der Waals surface area contributed by atoms with Crippen LogP contribution in [0.5, 0.6) is 5.75 Å². The van der Waals surface area contributed by atoms with Crippen molar-refractivity contribution in [2.45, 2.75) is 74.9 Å². The van der Waals surface area contributed by atoms with Crippen molar-refractivity contribution in [3.8, 4) is 5.75 Å². The maximum atomic E-state index is 12.4. The Hall–Kier alpha value is -3.10. The predicted molar refractivity (Wildman–Crippen MR) is 144 cm³/mol. The quantitative estimate of drug-likeness (QED) is 0.192. The van der Waals surface area contributed by atoms with E-state index in [0.29, 0.717) is 30.4 Å². The minimum Gasteiger partial charge on any atom is -0.508 e. The second kappa shape index (κ2) is 13.0. The highest BCUT2D eigenvalue weighted by molar-refractivity contribution is 5.91. The molecule has 42 heavy (non-hydrogen) atoms. The molecule has 12 nitrogen and oxygen atoms in total. The summed E-state index contributed by atoms with van der Waals surface area (Å²) in [6.07, 6.45) is -3.20. The molecule has 0 aromatic heterocycles. The normalized spacial score (nSPS) is 34.7. The van der Waals surface area contributed by atoms with Gasteiger partial charge in [0.25, 0.3) is 0 Å². The number of aliphatic hydroxyl groups is 3. The maximum Gasteiger partial charge on any atom is 0.334 e. The molecule has 3 fully saturated rings. The topological polar surface area (TPSA) is 170 Å². The summed E-state index contributed by atoms with van der Waals surface area (Å²) in [5, 5.41) is 40.8. The zero-order chi connectivity index (χ0) is 30.0. The summed E-state index contributed by atoms with van der Waals surface area (Å²) in [5.41, 5.74) is 2.67. The van der Waals surface area contributed by atoms with Crippen LogP contribution in [0.4, 0.5) is 0 Å². The Morgan fingerprint density at radius 2 is 1.86 bits per heavy atom. The Bertz CT molecular complexity index is 1220. The SMILES string of the molecule is C=C1C(=O)OC2C=C(COC3OC(COC(=O)Cc4ccc(O)cc4)C(O)C(O)C3O)CCC=C3CC(OC3OC)C12. The molecule has 2 bridgehead atoms. The van der Waals surface area contributed by atoms with Crippen LogP contribution >= 0.6 is 0 Å². The number of hydrogen-bond acceptors (Lipinski definition) is 12. The molecule has 0 amide bonds. The molecule has 12 heteroatoms. The molecule has 3 saturated heterocycles. The van der Waals surface area contributed by atoms with Crippen molar-refractivity contribution < 1.29 is 58.4 Å². The van der Waals surface area contributed by atoms with E-state index in [4.69, 9.17) is 28.4 Å². The lowest BCUT2D eigenvalue weighted by Gasteiger charge is -2.40. The predicted octanol–water partition coefficient (Wildman–Crippen LogP) is 0.808. The number of methoxy groups -OCH3 is 1. The lowest BCUT2D eigenvalue weighted by atomic mass is 9.86. The third kappa shape index (κ3) is 6.60. The number of aromatic hydroxyl groups is 1. The molecule has 0 saturated carbocycles. The highest BCUT2D eigenvalue weighted by Gasteiger charge is 2.48. The number of hydrogen-bond donors (Lipinski definition) is 4. The van der Waals surface area contributed by atoms with E-state index < -0.39 is 61.0 Å². The molecular formula is C30H36O12. The Morgan fingerprint density at radius 1 is 1.10 bits per heavy atom. The van der Waals surface area contributed by atoms with Gasteiger partial charge in [0.2, 0.25) is 0 Å². The molecule has 5 rings (SSSR count). The first-order valence-electron chi connectivity index (χ1n) is 13.9. The lowest BCUT2D eigenvalue weighted by molar-refractivity contribution is -0.299. The zero-order valence-corrected chi connectivity index (χ0v) is 23.2. The summed E-state index contributed by atoms with van der Waals surface area (Å²) in [6.45, 7) is 3.50. The van der Waals surface area contributed by atoms with Crippen molar-refractivity contribution in [2.24, 2.45) is 5.92 Å². The van der Waals surface area contributed by atoms with Crippen LogP contribution in [0.2, 0.25) is 0 Å². The van der Waals surface area contributed by atoms with Gasteiger partial charge in [0.1, 0.15) is 42.9 Å². The molecule has 1 aromatic carbocycles. The van der Waals surface area contributed by atoms with E-state index in [2.05, 4.69) is 6.58 Å². The fourth-order valence-electron chi connectivity index (χ4n) is 5.67. The van der Waals surface area contributed by atoms with Crippen molar-refractivity contribution in [1.82, 2.24) is 0 Å². The van der Waals surface area contributed by atoms with Crippen molar-refractivity contribution in [1.29, 1.82) is 0 Å². The number of carbonyl (C=O) groups excluding carboxylic acids is 2. The van der Waals surface area contributed by atoms with E-state index in [9.17, 15) is 30.0 Å². The van der Waals surface area contributed by atoms with E-state index in [1.165, 1.54) is 12.1 Å². The number of allylic oxidation sites excluding steroid dienone is 1. The third-order valence-electron chi connectivity index (χ3n) is 7.98. The second-order valence-electron chi connectivity index (χ2n) is 10.9. The van der Waals surface area contributed by atoms with Gasteiger partial charge in [-0.2, -0.15) is 0 Å². The van der Waals surface area contributed by atoms with Gasteiger partial charge in [-0.25, -0.2) is 4.79 Å². The first-order valence-corrected chi connectivity index (χ1v) is 13.9. The van der Waals surface area contributed by atoms with Crippen LogP contribution in [0.15, 0.2) is 59.7 Å². The minimum atomic E-state index is -1.62. The molecule has 0 spiro atoms. The van der Waals surface area contributed by atoms with Crippen LogP contribution in [0.1, 0.15) is 24.8 Å². The number of rotatable bonds is 8. The number of carbonyl (C=O) groups is 2. The summed E-state index contributed by atoms with van der Waals surface area (Å²) in [4.78, 5) is 24.7. The number of phenolic OH excluding ortho intramolecular Hbond substituents is 1. The average molecular weight is 589 g/mol. The smallest absolute Gasteiger partial charge is 0.334 e. The fraction of sp³-hybridized carbons (Fsp3) is 0.533. The highest BCUT2D eigenvalue weighted by atomic mass is 16.7. The van der Waals surface area contributed by atoms with Crippen molar-refractivity contribution in [3.63, 3.8) is 0 Å². The van der Waals surface area contributed by atoms with E-state index in [1.807, 2.05) is 6.08 Å². The standard InChI is InChI=1S/C30H36O12/c1-15-24-20(40-28(15)36)10-17(4-3-5-18-12-21(24)41-29(18)37-2)13-39-30-27(35)26(34)25(33)22(42-30)14-38-23(32)11-16-6-8-19(31)9-7-16/h5-10,20-22,24-27,29-31,33-35H,1,3-4,11-14H2,2H3. The molecule has 9 unspecified atom stereocenters.